The Kier molecular flexibility index (Phi) is 3.84. The number of benzene rings is 1. The van der Waals surface area contributed by atoms with Gasteiger partial charge in [0.25, 0.3) is 0 Å². The Hall–Kier alpha value is -2.23. The second-order valence-corrected chi connectivity index (χ2v) is 5.56. The van der Waals surface area contributed by atoms with Crippen LogP contribution in [-0.2, 0) is 4.74 Å². The van der Waals surface area contributed by atoms with Crippen molar-refractivity contribution in [2.75, 3.05) is 0 Å². The van der Waals surface area contributed by atoms with Gasteiger partial charge in [-0.05, 0) is 27.7 Å². The molecule has 104 valence electrons. The fourth-order valence-electron chi connectivity index (χ4n) is 1.73. The van der Waals surface area contributed by atoms with Crippen molar-refractivity contribution in [3.05, 3.63) is 47.8 Å². The Morgan fingerprint density at radius 3 is 2.35 bits per heavy atom. The van der Waals surface area contributed by atoms with Crippen molar-refractivity contribution in [3.8, 4) is 11.4 Å². The number of nitrogens with zero attached hydrogens (tertiary/aromatic N) is 2. The van der Waals surface area contributed by atoms with E-state index >= 15 is 0 Å². The molecular weight excluding hydrogens is 252 g/mol. The first-order valence-corrected chi connectivity index (χ1v) is 6.49. The van der Waals surface area contributed by atoms with Gasteiger partial charge in [0.2, 0.25) is 0 Å². The minimum Gasteiger partial charge on any atom is -0.456 e. The SMILES string of the molecule is Cc1nc(-c2ccccc2)ncc1C(=O)OC(C)(C)C. The molecule has 0 aliphatic carbocycles. The molecule has 0 N–H and O–H groups in total. The van der Waals surface area contributed by atoms with Gasteiger partial charge in [-0.1, -0.05) is 30.3 Å². The van der Waals surface area contributed by atoms with Crippen LogP contribution in [0.15, 0.2) is 36.5 Å². The number of carbonyl (C=O) groups excluding carboxylic acids is 1. The van der Waals surface area contributed by atoms with Crippen molar-refractivity contribution < 1.29 is 9.53 Å². The van der Waals surface area contributed by atoms with Crippen molar-refractivity contribution >= 4 is 5.97 Å². The van der Waals surface area contributed by atoms with E-state index in [0.717, 1.165) is 5.56 Å². The van der Waals surface area contributed by atoms with Crippen LogP contribution in [0, 0.1) is 6.92 Å². The number of hydrogen-bond acceptors (Lipinski definition) is 4. The molecule has 0 spiro atoms. The summed E-state index contributed by atoms with van der Waals surface area (Å²) in [5.74, 6) is 0.213. The lowest BCUT2D eigenvalue weighted by Crippen LogP contribution is -2.24. The second kappa shape index (κ2) is 5.41. The lowest BCUT2D eigenvalue weighted by molar-refractivity contribution is 0.00678. The van der Waals surface area contributed by atoms with E-state index in [9.17, 15) is 4.79 Å². The van der Waals surface area contributed by atoms with E-state index in [1.165, 1.54) is 6.20 Å². The summed E-state index contributed by atoms with van der Waals surface area (Å²) >= 11 is 0. The molecule has 0 aliphatic heterocycles. The third-order valence-corrected chi connectivity index (χ3v) is 2.63. The van der Waals surface area contributed by atoms with E-state index in [-0.39, 0.29) is 0 Å². The summed E-state index contributed by atoms with van der Waals surface area (Å²) in [5, 5.41) is 0. The second-order valence-electron chi connectivity index (χ2n) is 5.56. The lowest BCUT2D eigenvalue weighted by Gasteiger charge is -2.19. The van der Waals surface area contributed by atoms with Gasteiger partial charge in [-0.15, -0.1) is 0 Å². The predicted octanol–water partition coefficient (Wildman–Crippen LogP) is 3.41. The molecule has 0 unspecified atom stereocenters. The monoisotopic (exact) mass is 270 g/mol. The van der Waals surface area contributed by atoms with Gasteiger partial charge in [-0.2, -0.15) is 0 Å². The smallest absolute Gasteiger partial charge is 0.342 e. The Balaban J connectivity index is 2.29. The van der Waals surface area contributed by atoms with Crippen LogP contribution < -0.4 is 0 Å². The van der Waals surface area contributed by atoms with Crippen LogP contribution in [0.1, 0.15) is 36.8 Å². The van der Waals surface area contributed by atoms with E-state index in [2.05, 4.69) is 9.97 Å². The Bertz CT molecular complexity index is 616. The van der Waals surface area contributed by atoms with E-state index in [0.29, 0.717) is 17.1 Å². The molecule has 0 saturated carbocycles. The highest BCUT2D eigenvalue weighted by Gasteiger charge is 2.20. The number of aromatic nitrogens is 2. The van der Waals surface area contributed by atoms with Gasteiger partial charge in [-0.3, -0.25) is 0 Å². The molecule has 0 radical (unpaired) electrons. The van der Waals surface area contributed by atoms with Crippen LogP contribution in [0.3, 0.4) is 0 Å². The van der Waals surface area contributed by atoms with E-state index in [1.54, 1.807) is 6.92 Å². The molecule has 2 aromatic rings. The summed E-state index contributed by atoms with van der Waals surface area (Å²) in [7, 11) is 0. The van der Waals surface area contributed by atoms with Gasteiger partial charge in [-0.25, -0.2) is 14.8 Å². The van der Waals surface area contributed by atoms with Crippen molar-refractivity contribution in [1.82, 2.24) is 9.97 Å². The first-order chi connectivity index (χ1) is 9.37. The molecule has 1 aromatic heterocycles. The maximum absolute atomic E-state index is 12.0. The Morgan fingerprint density at radius 2 is 1.80 bits per heavy atom. The third-order valence-electron chi connectivity index (χ3n) is 2.63. The van der Waals surface area contributed by atoms with Gasteiger partial charge >= 0.3 is 5.97 Å². The Morgan fingerprint density at radius 1 is 1.15 bits per heavy atom. The summed E-state index contributed by atoms with van der Waals surface area (Å²) in [6.45, 7) is 7.28. The summed E-state index contributed by atoms with van der Waals surface area (Å²) in [6.07, 6.45) is 1.53. The summed E-state index contributed by atoms with van der Waals surface area (Å²) in [5.41, 5.74) is 1.42. The van der Waals surface area contributed by atoms with Gasteiger partial charge in [0.05, 0.1) is 11.3 Å². The van der Waals surface area contributed by atoms with Gasteiger partial charge in [0, 0.05) is 11.8 Å². The highest BCUT2D eigenvalue weighted by Crippen LogP contribution is 2.18. The van der Waals surface area contributed by atoms with Crippen molar-refractivity contribution in [1.29, 1.82) is 0 Å². The first-order valence-electron chi connectivity index (χ1n) is 6.49. The zero-order valence-corrected chi connectivity index (χ0v) is 12.2. The minimum absolute atomic E-state index is 0.394. The molecule has 2 rings (SSSR count). The Labute approximate surface area is 118 Å². The number of carbonyl (C=O) groups is 1. The highest BCUT2D eigenvalue weighted by atomic mass is 16.6. The molecule has 1 heterocycles. The largest absolute Gasteiger partial charge is 0.456 e. The molecule has 4 heteroatoms. The average molecular weight is 270 g/mol. The fraction of sp³-hybridized carbons (Fsp3) is 0.312. The number of aryl methyl sites for hydroxylation is 1. The third kappa shape index (κ3) is 3.41. The molecule has 20 heavy (non-hydrogen) atoms. The standard InChI is InChI=1S/C16H18N2O2/c1-11-13(15(19)20-16(2,3)4)10-17-14(18-11)12-8-6-5-7-9-12/h5-10H,1-4H3. The summed E-state index contributed by atoms with van der Waals surface area (Å²) in [6, 6.07) is 9.65. The zero-order valence-electron chi connectivity index (χ0n) is 12.2. The highest BCUT2D eigenvalue weighted by molar-refractivity contribution is 5.90. The molecule has 1 aromatic carbocycles. The fourth-order valence-corrected chi connectivity index (χ4v) is 1.73. The molecule has 4 nitrogen and oxygen atoms in total. The van der Waals surface area contributed by atoms with Gasteiger partial charge in [0.1, 0.15) is 5.60 Å². The number of ether oxygens (including phenoxy) is 1. The van der Waals surface area contributed by atoms with Crippen LogP contribution in [0.4, 0.5) is 0 Å². The lowest BCUT2D eigenvalue weighted by atomic mass is 10.1. The van der Waals surface area contributed by atoms with E-state index < -0.39 is 11.6 Å². The molecule has 0 amide bonds. The zero-order chi connectivity index (χ0) is 14.8. The van der Waals surface area contributed by atoms with E-state index in [1.807, 2.05) is 51.1 Å². The van der Waals surface area contributed by atoms with Gasteiger partial charge < -0.3 is 4.74 Å². The van der Waals surface area contributed by atoms with Crippen LogP contribution in [-0.4, -0.2) is 21.5 Å². The van der Waals surface area contributed by atoms with Crippen LogP contribution in [0.25, 0.3) is 11.4 Å². The van der Waals surface area contributed by atoms with Crippen molar-refractivity contribution in [2.45, 2.75) is 33.3 Å². The maximum atomic E-state index is 12.0. The van der Waals surface area contributed by atoms with Crippen LogP contribution in [0.2, 0.25) is 0 Å². The van der Waals surface area contributed by atoms with Crippen LogP contribution in [0.5, 0.6) is 0 Å². The molecular formula is C16H18N2O2. The number of rotatable bonds is 2. The topological polar surface area (TPSA) is 52.1 Å². The number of hydrogen-bond donors (Lipinski definition) is 0. The molecule has 0 atom stereocenters. The van der Waals surface area contributed by atoms with Gasteiger partial charge in [0.15, 0.2) is 5.82 Å². The predicted molar refractivity (Wildman–Crippen MR) is 77.4 cm³/mol. The van der Waals surface area contributed by atoms with Crippen molar-refractivity contribution in [3.63, 3.8) is 0 Å². The molecule has 0 aliphatic rings. The van der Waals surface area contributed by atoms with Crippen LogP contribution >= 0.6 is 0 Å². The maximum Gasteiger partial charge on any atom is 0.342 e. The molecule has 0 bridgehead atoms. The summed E-state index contributed by atoms with van der Waals surface area (Å²) < 4.78 is 5.33. The van der Waals surface area contributed by atoms with Crippen molar-refractivity contribution in [2.24, 2.45) is 0 Å². The summed E-state index contributed by atoms with van der Waals surface area (Å²) in [4.78, 5) is 20.7. The molecule has 0 fully saturated rings. The number of esters is 1. The average Bonchev–Trinajstić information content (AvgIpc) is 2.37. The first kappa shape index (κ1) is 14.2. The van der Waals surface area contributed by atoms with E-state index in [4.69, 9.17) is 4.74 Å². The minimum atomic E-state index is -0.526. The quantitative estimate of drug-likeness (QED) is 0.785. The molecule has 0 saturated heterocycles. The normalized spacial score (nSPS) is 11.2.